The molecule has 3 nitrogen and oxygen atoms in total. The topological polar surface area (TPSA) is 17.4 Å². The molecule has 1 fully saturated rings. The molecule has 0 saturated heterocycles. The van der Waals surface area contributed by atoms with Gasteiger partial charge in [0.2, 0.25) is 0 Å². The molecule has 54 heavy (non-hydrogen) atoms. The van der Waals surface area contributed by atoms with Crippen LogP contribution in [0.1, 0.15) is 142 Å². The van der Waals surface area contributed by atoms with Gasteiger partial charge in [-0.2, -0.15) is 0 Å². The fourth-order valence-corrected chi connectivity index (χ4v) is 14.0. The van der Waals surface area contributed by atoms with Gasteiger partial charge in [-0.15, -0.1) is 11.8 Å². The Balaban J connectivity index is 1.05. The Kier molecular flexibility index (Phi) is 8.59. The number of hydrogen-bond donors (Lipinski definition) is 0. The molecule has 6 aliphatic carbocycles. The molecule has 8 aliphatic rings. The molecule has 3 aromatic rings. The lowest BCUT2D eigenvalue weighted by Gasteiger charge is -2.38. The summed E-state index contributed by atoms with van der Waals surface area (Å²) in [6, 6.07) is 15.1. The summed E-state index contributed by atoms with van der Waals surface area (Å²) in [7, 11) is 0. The van der Waals surface area contributed by atoms with Crippen LogP contribution >= 0.6 is 11.8 Å². The van der Waals surface area contributed by atoms with Crippen LogP contribution in [0.3, 0.4) is 0 Å². The number of nitrogens with zero attached hydrogens (tertiary/aromatic N) is 2. The molecule has 11 rings (SSSR count). The lowest BCUT2D eigenvalue weighted by atomic mass is 9.77. The highest BCUT2D eigenvalue weighted by atomic mass is 32.2. The smallest absolute Gasteiger partial charge is 0.125 e. The van der Waals surface area contributed by atoms with Crippen LogP contribution in [0.5, 0.6) is 5.75 Å². The Hall–Kier alpha value is -3.37. The van der Waals surface area contributed by atoms with Crippen molar-refractivity contribution in [1.29, 1.82) is 0 Å². The van der Waals surface area contributed by atoms with E-state index < -0.39 is 0 Å². The van der Waals surface area contributed by atoms with E-state index in [1.807, 2.05) is 0 Å². The molecule has 0 spiro atoms. The van der Waals surface area contributed by atoms with Crippen LogP contribution in [0.25, 0.3) is 6.08 Å². The van der Waals surface area contributed by atoms with Crippen molar-refractivity contribution in [2.24, 2.45) is 17.8 Å². The van der Waals surface area contributed by atoms with Gasteiger partial charge in [-0.05, 0) is 148 Å². The molecule has 1 aromatic heterocycles. The first-order chi connectivity index (χ1) is 26.6. The molecular formula is C50H58N2OS. The molecular weight excluding hydrogens is 677 g/mol. The maximum Gasteiger partial charge on any atom is 0.125 e. The summed E-state index contributed by atoms with van der Waals surface area (Å²) in [4.78, 5) is 4.31. The fourth-order valence-electron chi connectivity index (χ4n) is 12.5. The van der Waals surface area contributed by atoms with Crippen molar-refractivity contribution in [3.05, 3.63) is 112 Å². The minimum absolute atomic E-state index is 0.220. The summed E-state index contributed by atoms with van der Waals surface area (Å²) in [5.74, 6) is 4.03. The lowest BCUT2D eigenvalue weighted by Crippen LogP contribution is -2.35. The predicted molar refractivity (Wildman–Crippen MR) is 226 cm³/mol. The zero-order valence-corrected chi connectivity index (χ0v) is 33.3. The van der Waals surface area contributed by atoms with Crippen molar-refractivity contribution < 1.29 is 4.74 Å². The first-order valence-electron chi connectivity index (χ1n) is 21.9. The molecule has 0 bridgehead atoms. The van der Waals surface area contributed by atoms with E-state index in [9.17, 15) is 0 Å². The number of ether oxygens (including phenoxy) is 1. The molecule has 3 heterocycles. The van der Waals surface area contributed by atoms with Crippen molar-refractivity contribution >= 4 is 29.2 Å². The van der Waals surface area contributed by atoms with Crippen LogP contribution in [0.15, 0.2) is 83.3 Å². The van der Waals surface area contributed by atoms with E-state index in [1.54, 1.807) is 33.7 Å². The maximum atomic E-state index is 6.87. The van der Waals surface area contributed by atoms with Crippen molar-refractivity contribution in [1.82, 2.24) is 4.57 Å². The fraction of sp³-hybridized carbons (Fsp3) is 0.520. The summed E-state index contributed by atoms with van der Waals surface area (Å²) in [6.45, 7) is 4.89. The van der Waals surface area contributed by atoms with Crippen molar-refractivity contribution in [2.45, 2.75) is 150 Å². The van der Waals surface area contributed by atoms with E-state index in [0.717, 1.165) is 30.4 Å². The number of benzene rings is 2. The second-order valence-electron chi connectivity index (χ2n) is 18.4. The Labute approximate surface area is 328 Å². The van der Waals surface area contributed by atoms with Gasteiger partial charge in [0.05, 0.1) is 6.04 Å². The number of rotatable bonds is 5. The number of thioether (sulfide) groups is 1. The monoisotopic (exact) mass is 734 g/mol. The van der Waals surface area contributed by atoms with Crippen LogP contribution in [-0.2, 0) is 19.3 Å². The van der Waals surface area contributed by atoms with E-state index in [4.69, 9.17) is 4.74 Å². The molecule has 0 amide bonds. The number of hydrogen-bond acceptors (Lipinski definition) is 3. The predicted octanol–water partition coefficient (Wildman–Crippen LogP) is 13.0. The Morgan fingerprint density at radius 2 is 1.72 bits per heavy atom. The highest BCUT2D eigenvalue weighted by Crippen LogP contribution is 2.57. The van der Waals surface area contributed by atoms with Crippen molar-refractivity contribution in [3.63, 3.8) is 0 Å². The van der Waals surface area contributed by atoms with Gasteiger partial charge in [0.15, 0.2) is 0 Å². The molecule has 0 radical (unpaired) electrons. The third-order valence-corrected chi connectivity index (χ3v) is 16.4. The maximum absolute atomic E-state index is 6.87. The quantitative estimate of drug-likeness (QED) is 0.243. The third kappa shape index (κ3) is 5.50. The molecule has 9 atom stereocenters. The van der Waals surface area contributed by atoms with Gasteiger partial charge in [-0.1, -0.05) is 80.9 Å². The normalized spacial score (nSPS) is 33.1. The molecule has 9 unspecified atom stereocenters. The lowest BCUT2D eigenvalue weighted by molar-refractivity contribution is 0.151. The molecule has 1 saturated carbocycles. The van der Waals surface area contributed by atoms with E-state index in [1.165, 1.54) is 105 Å². The Bertz CT molecular complexity index is 2080. The zero-order chi connectivity index (χ0) is 35.9. The summed E-state index contributed by atoms with van der Waals surface area (Å²) >= 11 is 2.10. The second-order valence-corrected chi connectivity index (χ2v) is 19.6. The summed E-state index contributed by atoms with van der Waals surface area (Å²) in [5.41, 5.74) is 14.3. The molecule has 280 valence electrons. The SMILES string of the molecule is CC1CCCC(n2c3c(c4c2CC(C2=CCCCC2)CC4)CC(N(c2cccc4c2C2C=CCC(C)C2O4)c2cccc4c2C2CCC=CC2S4)C=C3)C1. The average Bonchev–Trinajstić information content (AvgIpc) is 3.89. The van der Waals surface area contributed by atoms with Crippen LogP contribution in [0.4, 0.5) is 11.4 Å². The minimum atomic E-state index is 0.220. The van der Waals surface area contributed by atoms with E-state index in [-0.39, 0.29) is 12.1 Å². The summed E-state index contributed by atoms with van der Waals surface area (Å²) in [6.07, 6.45) is 37.2. The first kappa shape index (κ1) is 33.9. The molecule has 0 N–H and O–H groups in total. The van der Waals surface area contributed by atoms with Gasteiger partial charge in [-0.25, -0.2) is 0 Å². The third-order valence-electron chi connectivity index (χ3n) is 15.1. The molecule has 4 heteroatoms. The number of anilines is 2. The highest BCUT2D eigenvalue weighted by molar-refractivity contribution is 8.00. The molecule has 2 aromatic carbocycles. The number of fused-ring (bicyclic) bond motifs is 9. The van der Waals surface area contributed by atoms with E-state index >= 15 is 0 Å². The summed E-state index contributed by atoms with van der Waals surface area (Å²) < 4.78 is 9.81. The van der Waals surface area contributed by atoms with Gasteiger partial charge >= 0.3 is 0 Å². The molecule has 2 aliphatic heterocycles. The van der Waals surface area contributed by atoms with E-state index in [2.05, 4.69) is 114 Å². The van der Waals surface area contributed by atoms with Gasteiger partial charge in [0, 0.05) is 56.3 Å². The number of allylic oxidation sites excluding steroid dienone is 4. The highest BCUT2D eigenvalue weighted by Gasteiger charge is 2.44. The van der Waals surface area contributed by atoms with Crippen molar-refractivity contribution in [3.8, 4) is 5.75 Å². The largest absolute Gasteiger partial charge is 0.489 e. The van der Waals surface area contributed by atoms with E-state index in [0.29, 0.717) is 29.0 Å². The summed E-state index contributed by atoms with van der Waals surface area (Å²) in [5, 5.41) is 0.549. The van der Waals surface area contributed by atoms with Gasteiger partial charge in [0.1, 0.15) is 11.9 Å². The van der Waals surface area contributed by atoms with Gasteiger partial charge < -0.3 is 14.2 Å². The number of aromatic nitrogens is 1. The van der Waals surface area contributed by atoms with Gasteiger partial charge in [-0.3, -0.25) is 0 Å². The van der Waals surface area contributed by atoms with Crippen molar-refractivity contribution in [2.75, 3.05) is 4.90 Å². The first-order valence-corrected chi connectivity index (χ1v) is 22.8. The Morgan fingerprint density at radius 3 is 2.61 bits per heavy atom. The minimum Gasteiger partial charge on any atom is -0.489 e. The van der Waals surface area contributed by atoms with Crippen LogP contribution < -0.4 is 9.64 Å². The average molecular weight is 735 g/mol. The second kappa shape index (κ2) is 13.7. The zero-order valence-electron chi connectivity index (χ0n) is 32.5. The Morgan fingerprint density at radius 1 is 0.815 bits per heavy atom. The van der Waals surface area contributed by atoms with Crippen LogP contribution in [0, 0.1) is 17.8 Å². The van der Waals surface area contributed by atoms with Crippen LogP contribution in [-0.4, -0.2) is 22.0 Å². The van der Waals surface area contributed by atoms with Crippen LogP contribution in [0.2, 0.25) is 0 Å². The van der Waals surface area contributed by atoms with Gasteiger partial charge in [0.25, 0.3) is 0 Å². The standard InChI is InChI=1S/C50H58N2OS/c1-31-12-8-16-35(28-31)51-41-27-25-36(30-40(41)37-26-24-34(29-44(37)51)33-14-4-3-5-15-33)52(43-20-11-23-47-49(43)38-17-6-7-22-46(38)54-47)42-19-10-21-45-48(42)39-18-9-13-32(2)50(39)53-45/h7,9-11,14,18-23,25,27,31-32,34-36,38-39,46,50H,3-6,8,12-13,15-17,24,26,28-30H2,1-2H3.